The van der Waals surface area contributed by atoms with E-state index < -0.39 is 0 Å². The van der Waals surface area contributed by atoms with E-state index in [1.807, 2.05) is 25.1 Å². The van der Waals surface area contributed by atoms with Crippen LogP contribution < -0.4 is 10.5 Å². The van der Waals surface area contributed by atoms with Crippen molar-refractivity contribution in [3.8, 4) is 11.5 Å². The molecule has 0 amide bonds. The molecule has 0 saturated heterocycles. The van der Waals surface area contributed by atoms with E-state index in [2.05, 4.69) is 31.9 Å². The van der Waals surface area contributed by atoms with E-state index in [9.17, 15) is 4.39 Å². The summed E-state index contributed by atoms with van der Waals surface area (Å²) in [7, 11) is 0. The second kappa shape index (κ2) is 6.03. The molecule has 0 saturated carbocycles. The molecule has 19 heavy (non-hydrogen) atoms. The van der Waals surface area contributed by atoms with Crippen LogP contribution in [0.2, 0.25) is 0 Å². The van der Waals surface area contributed by atoms with Crippen LogP contribution in [-0.4, -0.2) is 0 Å². The third kappa shape index (κ3) is 3.55. The van der Waals surface area contributed by atoms with E-state index in [0.717, 1.165) is 10.0 Å². The lowest BCUT2D eigenvalue weighted by Crippen LogP contribution is -2.04. The number of hydrogen-bond acceptors (Lipinski definition) is 2. The first kappa shape index (κ1) is 14.5. The van der Waals surface area contributed by atoms with Crippen molar-refractivity contribution < 1.29 is 9.13 Å². The van der Waals surface area contributed by atoms with Crippen molar-refractivity contribution in [1.82, 2.24) is 0 Å². The lowest BCUT2D eigenvalue weighted by molar-refractivity contribution is 0.473. The molecule has 2 N–H and O–H groups in total. The predicted octanol–water partition coefficient (Wildman–Crippen LogP) is 5.16. The molecule has 0 aliphatic carbocycles. The summed E-state index contributed by atoms with van der Waals surface area (Å²) in [5.74, 6) is 0.696. The van der Waals surface area contributed by atoms with Crippen LogP contribution in [0.15, 0.2) is 45.3 Å². The molecule has 2 aromatic carbocycles. The van der Waals surface area contributed by atoms with Gasteiger partial charge in [-0.05, 0) is 68.6 Å². The molecule has 0 unspecified atom stereocenters. The highest BCUT2D eigenvalue weighted by molar-refractivity contribution is 9.10. The third-order valence-corrected chi connectivity index (χ3v) is 3.86. The predicted molar refractivity (Wildman–Crippen MR) is 80.9 cm³/mol. The molecule has 0 radical (unpaired) electrons. The number of benzene rings is 2. The van der Waals surface area contributed by atoms with Gasteiger partial charge in [0.15, 0.2) is 0 Å². The van der Waals surface area contributed by atoms with Gasteiger partial charge in [0.2, 0.25) is 0 Å². The Labute approximate surface area is 128 Å². The Morgan fingerprint density at radius 2 is 1.84 bits per heavy atom. The summed E-state index contributed by atoms with van der Waals surface area (Å²) >= 11 is 6.52. The number of nitrogens with two attached hydrogens (primary N) is 1. The highest BCUT2D eigenvalue weighted by Gasteiger charge is 2.08. The number of hydrogen-bond donors (Lipinski definition) is 1. The standard InChI is InChI=1S/C14H12Br2FNO/c1-8(18)9-2-5-14(12(16)6-9)19-10-3-4-11(15)13(17)7-10/h2-8H,18H2,1H3/t8-/m0/s1. The molecule has 2 aromatic rings. The maximum Gasteiger partial charge on any atom is 0.141 e. The number of ether oxygens (including phenoxy) is 1. The van der Waals surface area contributed by atoms with Gasteiger partial charge in [-0.1, -0.05) is 6.07 Å². The average Bonchev–Trinajstić information content (AvgIpc) is 2.36. The summed E-state index contributed by atoms with van der Waals surface area (Å²) in [6.07, 6.45) is 0. The van der Waals surface area contributed by atoms with E-state index in [1.54, 1.807) is 12.1 Å². The van der Waals surface area contributed by atoms with Gasteiger partial charge in [0, 0.05) is 12.1 Å². The van der Waals surface area contributed by atoms with Gasteiger partial charge >= 0.3 is 0 Å². The van der Waals surface area contributed by atoms with Crippen LogP contribution in [0.5, 0.6) is 11.5 Å². The van der Waals surface area contributed by atoms with Crippen molar-refractivity contribution in [2.24, 2.45) is 5.73 Å². The zero-order chi connectivity index (χ0) is 14.0. The summed E-state index contributed by atoms with van der Waals surface area (Å²) in [5.41, 5.74) is 6.81. The minimum atomic E-state index is -0.360. The van der Waals surface area contributed by atoms with Gasteiger partial charge in [0.05, 0.1) is 8.95 Å². The molecule has 5 heteroatoms. The molecule has 0 spiro atoms. The van der Waals surface area contributed by atoms with Crippen LogP contribution in [0.3, 0.4) is 0 Å². The van der Waals surface area contributed by atoms with Crippen LogP contribution in [0, 0.1) is 5.82 Å². The van der Waals surface area contributed by atoms with Crippen molar-refractivity contribution in [2.75, 3.05) is 0 Å². The van der Waals surface area contributed by atoms with Gasteiger partial charge in [-0.15, -0.1) is 0 Å². The molecular formula is C14H12Br2FNO. The smallest absolute Gasteiger partial charge is 0.141 e. The maximum atomic E-state index is 13.4. The minimum Gasteiger partial charge on any atom is -0.456 e. The van der Waals surface area contributed by atoms with Gasteiger partial charge in [-0.3, -0.25) is 0 Å². The van der Waals surface area contributed by atoms with Gasteiger partial charge in [0.1, 0.15) is 17.3 Å². The highest BCUT2D eigenvalue weighted by Crippen LogP contribution is 2.32. The Morgan fingerprint density at radius 1 is 1.11 bits per heavy atom. The van der Waals surface area contributed by atoms with E-state index in [0.29, 0.717) is 16.0 Å². The molecule has 0 heterocycles. The second-order valence-electron chi connectivity index (χ2n) is 4.16. The van der Waals surface area contributed by atoms with Crippen molar-refractivity contribution >= 4 is 31.9 Å². The van der Waals surface area contributed by atoms with Crippen molar-refractivity contribution in [2.45, 2.75) is 13.0 Å². The third-order valence-electron chi connectivity index (χ3n) is 2.60. The fraction of sp³-hybridized carbons (Fsp3) is 0.143. The van der Waals surface area contributed by atoms with Crippen molar-refractivity contribution in [1.29, 1.82) is 0 Å². The van der Waals surface area contributed by atoms with E-state index in [4.69, 9.17) is 10.5 Å². The van der Waals surface area contributed by atoms with E-state index >= 15 is 0 Å². The molecular weight excluding hydrogens is 377 g/mol. The number of halogens is 3. The molecule has 100 valence electrons. The molecule has 0 aliphatic rings. The SMILES string of the molecule is C[C@H](N)c1ccc(Oc2ccc(Br)c(F)c2)c(Br)c1. The molecule has 0 bridgehead atoms. The largest absolute Gasteiger partial charge is 0.456 e. The number of rotatable bonds is 3. The molecule has 2 rings (SSSR count). The quantitative estimate of drug-likeness (QED) is 0.787. The highest BCUT2D eigenvalue weighted by atomic mass is 79.9. The monoisotopic (exact) mass is 387 g/mol. The zero-order valence-electron chi connectivity index (χ0n) is 10.2. The Kier molecular flexibility index (Phi) is 4.60. The molecule has 1 atom stereocenters. The second-order valence-corrected chi connectivity index (χ2v) is 5.87. The molecule has 0 aromatic heterocycles. The van der Waals surface area contributed by atoms with Gasteiger partial charge in [0.25, 0.3) is 0 Å². The van der Waals surface area contributed by atoms with Crippen LogP contribution >= 0.6 is 31.9 Å². The summed E-state index contributed by atoms with van der Waals surface area (Å²) < 4.78 is 20.2. The Hall–Kier alpha value is -0.910. The Bertz CT molecular complexity index is 602. The molecule has 0 aliphatic heterocycles. The lowest BCUT2D eigenvalue weighted by Gasteiger charge is -2.11. The van der Waals surface area contributed by atoms with Crippen LogP contribution in [0.4, 0.5) is 4.39 Å². The summed E-state index contributed by atoms with van der Waals surface area (Å²) in [6.45, 7) is 1.91. The minimum absolute atomic E-state index is 0.0459. The summed E-state index contributed by atoms with van der Waals surface area (Å²) in [5, 5.41) is 0. The Morgan fingerprint density at radius 3 is 2.42 bits per heavy atom. The average molecular weight is 389 g/mol. The first-order valence-corrected chi connectivity index (χ1v) is 7.24. The van der Waals surface area contributed by atoms with Crippen LogP contribution in [0.1, 0.15) is 18.5 Å². The molecule has 2 nitrogen and oxygen atoms in total. The molecule has 0 fully saturated rings. The van der Waals surface area contributed by atoms with Gasteiger partial charge < -0.3 is 10.5 Å². The fourth-order valence-corrected chi connectivity index (χ4v) is 2.27. The zero-order valence-corrected chi connectivity index (χ0v) is 13.3. The summed E-state index contributed by atoms with van der Waals surface area (Å²) in [4.78, 5) is 0. The van der Waals surface area contributed by atoms with E-state index in [1.165, 1.54) is 6.07 Å². The first-order valence-electron chi connectivity index (χ1n) is 5.65. The van der Waals surface area contributed by atoms with Crippen LogP contribution in [0.25, 0.3) is 0 Å². The van der Waals surface area contributed by atoms with Gasteiger partial charge in [-0.2, -0.15) is 0 Å². The fourth-order valence-electron chi connectivity index (χ4n) is 1.55. The normalized spacial score (nSPS) is 12.3. The van der Waals surface area contributed by atoms with Crippen LogP contribution in [-0.2, 0) is 0 Å². The topological polar surface area (TPSA) is 35.2 Å². The first-order chi connectivity index (χ1) is 8.97. The summed E-state index contributed by atoms with van der Waals surface area (Å²) in [6, 6.07) is 10.2. The van der Waals surface area contributed by atoms with Crippen molar-refractivity contribution in [3.63, 3.8) is 0 Å². The lowest BCUT2D eigenvalue weighted by atomic mass is 10.1. The van der Waals surface area contributed by atoms with Gasteiger partial charge in [-0.25, -0.2) is 4.39 Å². The van der Waals surface area contributed by atoms with Crippen molar-refractivity contribution in [3.05, 3.63) is 56.7 Å². The van der Waals surface area contributed by atoms with E-state index in [-0.39, 0.29) is 11.9 Å². The Balaban J connectivity index is 2.25. The maximum absolute atomic E-state index is 13.4.